The molecule has 0 N–H and O–H groups in total. The number of fused-ring (bicyclic) bond motifs is 1. The highest BCUT2D eigenvalue weighted by Crippen LogP contribution is 2.45. The van der Waals surface area contributed by atoms with Crippen molar-refractivity contribution >= 4 is 6.29 Å². The van der Waals surface area contributed by atoms with Gasteiger partial charge in [0.1, 0.15) is 6.29 Å². The minimum absolute atomic E-state index is 0.397. The highest BCUT2D eigenvalue weighted by molar-refractivity contribution is 5.53. The number of rotatable bonds is 3. The molecule has 0 aromatic heterocycles. The molecule has 15 heavy (non-hydrogen) atoms. The number of hydrogen-bond donors (Lipinski definition) is 0. The number of carbonyl (C=O) groups is 1. The highest BCUT2D eigenvalue weighted by atomic mass is 16.1. The lowest BCUT2D eigenvalue weighted by Crippen LogP contribution is -2.31. The van der Waals surface area contributed by atoms with E-state index < -0.39 is 0 Å². The maximum atomic E-state index is 10.8. The third kappa shape index (κ3) is 2.62. The molecule has 1 unspecified atom stereocenters. The van der Waals surface area contributed by atoms with Gasteiger partial charge in [-0.05, 0) is 49.9 Å². The summed E-state index contributed by atoms with van der Waals surface area (Å²) in [5.74, 6) is 3.26. The van der Waals surface area contributed by atoms with Crippen LogP contribution in [0.5, 0.6) is 0 Å². The topological polar surface area (TPSA) is 17.1 Å². The summed E-state index contributed by atoms with van der Waals surface area (Å²) in [6, 6.07) is 0. The molecule has 0 heterocycles. The van der Waals surface area contributed by atoms with Crippen molar-refractivity contribution in [1.82, 2.24) is 0 Å². The number of carbonyl (C=O) groups excluding carboxylic acids is 1. The summed E-state index contributed by atoms with van der Waals surface area (Å²) >= 11 is 0. The van der Waals surface area contributed by atoms with Crippen molar-refractivity contribution in [3.8, 4) is 0 Å². The molecule has 0 aromatic carbocycles. The molecular weight excluding hydrogens is 184 g/mol. The Balaban J connectivity index is 1.86. The standard InChI is InChI=1S/C14H24O/c1-2-3-11-4-6-14-9-12(10-15)5-7-13(14)8-11/h10-14H,2-9H2,1H3/t11?,12-,13-,14-/m1/s1. The normalized spacial score (nSPS) is 40.9. The zero-order chi connectivity index (χ0) is 10.7. The second kappa shape index (κ2) is 5.14. The Bertz CT molecular complexity index is 211. The van der Waals surface area contributed by atoms with Crippen LogP contribution in [0.4, 0.5) is 0 Å². The maximum absolute atomic E-state index is 10.8. The molecule has 0 spiro atoms. The fourth-order valence-electron chi connectivity index (χ4n) is 3.82. The van der Waals surface area contributed by atoms with Gasteiger partial charge in [0.15, 0.2) is 0 Å². The van der Waals surface area contributed by atoms with Gasteiger partial charge in [-0.15, -0.1) is 0 Å². The Labute approximate surface area is 93.6 Å². The summed E-state index contributed by atoms with van der Waals surface area (Å²) < 4.78 is 0. The van der Waals surface area contributed by atoms with Gasteiger partial charge in [-0.2, -0.15) is 0 Å². The van der Waals surface area contributed by atoms with Gasteiger partial charge in [0.25, 0.3) is 0 Å². The van der Waals surface area contributed by atoms with E-state index in [1.807, 2.05) is 0 Å². The molecule has 0 radical (unpaired) electrons. The first-order chi connectivity index (χ1) is 7.33. The van der Waals surface area contributed by atoms with Gasteiger partial charge in [-0.25, -0.2) is 0 Å². The van der Waals surface area contributed by atoms with Gasteiger partial charge < -0.3 is 4.79 Å². The summed E-state index contributed by atoms with van der Waals surface area (Å²) in [5, 5.41) is 0. The molecule has 2 saturated carbocycles. The van der Waals surface area contributed by atoms with Crippen LogP contribution in [0.25, 0.3) is 0 Å². The molecule has 2 fully saturated rings. The van der Waals surface area contributed by atoms with Crippen LogP contribution in [0.3, 0.4) is 0 Å². The van der Waals surface area contributed by atoms with E-state index in [1.165, 1.54) is 57.7 Å². The van der Waals surface area contributed by atoms with Crippen LogP contribution >= 0.6 is 0 Å². The van der Waals surface area contributed by atoms with Crippen LogP contribution in [0, 0.1) is 23.7 Å². The molecule has 0 saturated heterocycles. The van der Waals surface area contributed by atoms with Crippen molar-refractivity contribution < 1.29 is 4.79 Å². The van der Waals surface area contributed by atoms with Crippen LogP contribution in [0.15, 0.2) is 0 Å². The van der Waals surface area contributed by atoms with Crippen LogP contribution in [0.2, 0.25) is 0 Å². The lowest BCUT2D eigenvalue weighted by molar-refractivity contribution is -0.113. The predicted octanol–water partition coefficient (Wildman–Crippen LogP) is 3.82. The molecule has 2 rings (SSSR count). The molecule has 86 valence electrons. The second-order valence-electron chi connectivity index (χ2n) is 5.70. The van der Waals surface area contributed by atoms with E-state index in [0.717, 1.165) is 17.8 Å². The molecule has 0 aromatic rings. The lowest BCUT2D eigenvalue weighted by atomic mass is 9.64. The van der Waals surface area contributed by atoms with Crippen LogP contribution in [-0.2, 0) is 4.79 Å². The van der Waals surface area contributed by atoms with E-state index in [-0.39, 0.29) is 0 Å². The van der Waals surface area contributed by atoms with Crippen molar-refractivity contribution in [2.45, 2.75) is 58.3 Å². The smallest absolute Gasteiger partial charge is 0.123 e. The Morgan fingerprint density at radius 3 is 2.53 bits per heavy atom. The van der Waals surface area contributed by atoms with Gasteiger partial charge >= 0.3 is 0 Å². The molecule has 1 nitrogen and oxygen atoms in total. The van der Waals surface area contributed by atoms with E-state index in [1.54, 1.807) is 0 Å². The first-order valence-electron chi connectivity index (χ1n) is 6.78. The van der Waals surface area contributed by atoms with E-state index >= 15 is 0 Å². The Morgan fingerprint density at radius 2 is 1.80 bits per heavy atom. The number of aldehydes is 1. The third-order valence-corrected chi connectivity index (χ3v) is 4.65. The van der Waals surface area contributed by atoms with Gasteiger partial charge in [-0.3, -0.25) is 0 Å². The second-order valence-corrected chi connectivity index (χ2v) is 5.70. The van der Waals surface area contributed by atoms with E-state index in [4.69, 9.17) is 0 Å². The van der Waals surface area contributed by atoms with Crippen molar-refractivity contribution in [3.05, 3.63) is 0 Å². The minimum Gasteiger partial charge on any atom is -0.303 e. The SMILES string of the molecule is CCCC1CC[C@@H]2C[C@H](C=O)CC[C@@H]2C1. The van der Waals surface area contributed by atoms with Gasteiger partial charge in [0, 0.05) is 5.92 Å². The quantitative estimate of drug-likeness (QED) is 0.644. The summed E-state index contributed by atoms with van der Waals surface area (Å²) in [5.41, 5.74) is 0. The zero-order valence-corrected chi connectivity index (χ0v) is 9.95. The fraction of sp³-hybridized carbons (Fsp3) is 0.929. The van der Waals surface area contributed by atoms with Crippen LogP contribution < -0.4 is 0 Å². The average Bonchev–Trinajstić information content (AvgIpc) is 2.29. The summed E-state index contributed by atoms with van der Waals surface area (Å²) in [7, 11) is 0. The molecular formula is C14H24O. The van der Waals surface area contributed by atoms with Crippen LogP contribution in [0.1, 0.15) is 58.3 Å². The Morgan fingerprint density at radius 1 is 1.07 bits per heavy atom. The summed E-state index contributed by atoms with van der Waals surface area (Å²) in [6.07, 6.45) is 12.0. The third-order valence-electron chi connectivity index (χ3n) is 4.65. The molecule has 2 aliphatic rings. The molecule has 4 atom stereocenters. The Kier molecular flexibility index (Phi) is 3.82. The number of hydrogen-bond acceptors (Lipinski definition) is 1. The molecule has 0 bridgehead atoms. The van der Waals surface area contributed by atoms with Crippen molar-refractivity contribution in [1.29, 1.82) is 0 Å². The monoisotopic (exact) mass is 208 g/mol. The largest absolute Gasteiger partial charge is 0.303 e. The first-order valence-corrected chi connectivity index (χ1v) is 6.78. The van der Waals surface area contributed by atoms with Crippen molar-refractivity contribution in [3.63, 3.8) is 0 Å². The van der Waals surface area contributed by atoms with E-state index in [2.05, 4.69) is 6.92 Å². The summed E-state index contributed by atoms with van der Waals surface area (Å²) in [6.45, 7) is 2.30. The molecule has 1 heteroatoms. The fourth-order valence-corrected chi connectivity index (χ4v) is 3.82. The molecule has 0 aliphatic heterocycles. The minimum atomic E-state index is 0.397. The molecule has 0 amide bonds. The maximum Gasteiger partial charge on any atom is 0.123 e. The van der Waals surface area contributed by atoms with Gasteiger partial charge in [0.05, 0.1) is 0 Å². The zero-order valence-electron chi connectivity index (χ0n) is 9.95. The van der Waals surface area contributed by atoms with Gasteiger partial charge in [-0.1, -0.05) is 26.2 Å². The van der Waals surface area contributed by atoms with Crippen molar-refractivity contribution in [2.75, 3.05) is 0 Å². The highest BCUT2D eigenvalue weighted by Gasteiger charge is 2.34. The average molecular weight is 208 g/mol. The molecule has 2 aliphatic carbocycles. The van der Waals surface area contributed by atoms with Crippen LogP contribution in [-0.4, -0.2) is 6.29 Å². The van der Waals surface area contributed by atoms with Gasteiger partial charge in [0.2, 0.25) is 0 Å². The summed E-state index contributed by atoms with van der Waals surface area (Å²) in [4.78, 5) is 10.8. The van der Waals surface area contributed by atoms with E-state index in [9.17, 15) is 4.79 Å². The predicted molar refractivity (Wildman–Crippen MR) is 62.6 cm³/mol. The van der Waals surface area contributed by atoms with Crippen molar-refractivity contribution in [2.24, 2.45) is 23.7 Å². The Hall–Kier alpha value is -0.330. The van der Waals surface area contributed by atoms with E-state index in [0.29, 0.717) is 5.92 Å². The first kappa shape index (κ1) is 11.2. The lowest BCUT2D eigenvalue weighted by Gasteiger charge is -2.41.